The molecule has 2 heterocycles. The average molecular weight is 393 g/mol. The molecule has 146 valence electrons. The number of ether oxygens (including phenoxy) is 1. The number of hydrogen-bond donors (Lipinski definition) is 2. The predicted octanol–water partition coefficient (Wildman–Crippen LogP) is 2.55. The van der Waals surface area contributed by atoms with E-state index in [0.29, 0.717) is 30.6 Å². The van der Waals surface area contributed by atoms with Crippen molar-refractivity contribution in [3.63, 3.8) is 0 Å². The Labute approximate surface area is 162 Å². The number of carbonyl (C=O) groups excluding carboxylic acids is 1. The van der Waals surface area contributed by atoms with E-state index in [1.165, 1.54) is 32.1 Å². The number of amides is 1. The van der Waals surface area contributed by atoms with E-state index >= 15 is 0 Å². The average Bonchev–Trinajstić information content (AvgIpc) is 3.08. The van der Waals surface area contributed by atoms with E-state index in [0.717, 1.165) is 18.3 Å². The molecule has 5 aliphatic rings. The van der Waals surface area contributed by atoms with Gasteiger partial charge in [-0.25, -0.2) is 9.89 Å². The first-order chi connectivity index (χ1) is 13.1. The fourth-order valence-electron chi connectivity index (χ4n) is 6.12. The molecule has 5 fully saturated rings. The van der Waals surface area contributed by atoms with Gasteiger partial charge in [-0.05, 0) is 55.8 Å². The Bertz CT molecular complexity index is 769. The van der Waals surface area contributed by atoms with Gasteiger partial charge in [-0.3, -0.25) is 4.79 Å². The summed E-state index contributed by atoms with van der Waals surface area (Å²) >= 11 is 6.08. The van der Waals surface area contributed by atoms with Crippen LogP contribution >= 0.6 is 11.6 Å². The van der Waals surface area contributed by atoms with Crippen molar-refractivity contribution in [3.05, 3.63) is 21.6 Å². The first kappa shape index (κ1) is 17.3. The summed E-state index contributed by atoms with van der Waals surface area (Å²) in [6.45, 7) is 1.21. The van der Waals surface area contributed by atoms with Crippen LogP contribution in [0.1, 0.15) is 38.5 Å². The maximum absolute atomic E-state index is 12.5. The predicted molar refractivity (Wildman–Crippen MR) is 101 cm³/mol. The van der Waals surface area contributed by atoms with Crippen molar-refractivity contribution in [2.24, 2.45) is 23.7 Å². The SMILES string of the molecule is O=C(NC1C2CC3CC(C2)CC1C3)O[C@@H]1CCN(c2cn[nH]c(=O)c2Cl)C1. The summed E-state index contributed by atoms with van der Waals surface area (Å²) in [7, 11) is 0. The Morgan fingerprint density at radius 3 is 2.63 bits per heavy atom. The van der Waals surface area contributed by atoms with E-state index in [4.69, 9.17) is 16.3 Å². The molecule has 0 aromatic carbocycles. The van der Waals surface area contributed by atoms with Crippen LogP contribution in [0.3, 0.4) is 0 Å². The summed E-state index contributed by atoms with van der Waals surface area (Å²) in [5, 5.41) is 9.45. The molecule has 0 spiro atoms. The van der Waals surface area contributed by atoms with Gasteiger partial charge in [0.25, 0.3) is 5.56 Å². The summed E-state index contributed by atoms with van der Waals surface area (Å²) in [5.74, 6) is 3.04. The van der Waals surface area contributed by atoms with Gasteiger partial charge in [0.05, 0.1) is 18.4 Å². The molecule has 1 atom stereocenters. The van der Waals surface area contributed by atoms with Gasteiger partial charge >= 0.3 is 6.09 Å². The summed E-state index contributed by atoms with van der Waals surface area (Å²) in [6.07, 6.45) is 8.24. The number of carbonyl (C=O) groups is 1. The largest absolute Gasteiger partial charge is 0.444 e. The second-order valence-corrected chi connectivity index (χ2v) is 9.14. The standard InChI is InChI=1S/C19H25ClN4O3/c20-16-15(8-21-23-18(16)25)24-2-1-14(9-24)27-19(26)22-17-12-4-10-3-11(6-12)7-13(17)5-10/h8,10-14,17H,1-7,9H2,(H,22,26)(H,23,25)/t10?,11?,12?,13?,14-,17?/m1/s1. The lowest BCUT2D eigenvalue weighted by Gasteiger charge is -2.54. The van der Waals surface area contributed by atoms with E-state index in [1.54, 1.807) is 6.20 Å². The second-order valence-electron chi connectivity index (χ2n) is 8.76. The first-order valence-corrected chi connectivity index (χ1v) is 10.4. The van der Waals surface area contributed by atoms with Gasteiger partial charge in [0.2, 0.25) is 0 Å². The maximum atomic E-state index is 12.5. The number of hydrogen-bond acceptors (Lipinski definition) is 5. The number of aromatic nitrogens is 2. The summed E-state index contributed by atoms with van der Waals surface area (Å²) in [4.78, 5) is 26.1. The van der Waals surface area contributed by atoms with Crippen LogP contribution in [-0.4, -0.2) is 41.5 Å². The molecule has 4 bridgehead atoms. The molecule has 0 radical (unpaired) electrons. The fourth-order valence-corrected chi connectivity index (χ4v) is 6.33. The highest BCUT2D eigenvalue weighted by molar-refractivity contribution is 6.33. The number of H-pyrrole nitrogens is 1. The topological polar surface area (TPSA) is 87.3 Å². The molecule has 4 aliphatic carbocycles. The van der Waals surface area contributed by atoms with Crippen molar-refractivity contribution in [1.82, 2.24) is 15.5 Å². The molecular weight excluding hydrogens is 368 g/mol. The van der Waals surface area contributed by atoms with Crippen LogP contribution < -0.4 is 15.8 Å². The third-order valence-corrected chi connectivity index (χ3v) is 7.41. The molecule has 1 aliphatic heterocycles. The zero-order valence-electron chi connectivity index (χ0n) is 15.2. The molecule has 1 saturated heterocycles. The highest BCUT2D eigenvalue weighted by atomic mass is 35.5. The van der Waals surface area contributed by atoms with Gasteiger partial charge in [-0.1, -0.05) is 11.6 Å². The van der Waals surface area contributed by atoms with Gasteiger partial charge in [0.1, 0.15) is 11.1 Å². The fraction of sp³-hybridized carbons (Fsp3) is 0.737. The van der Waals surface area contributed by atoms with Crippen molar-refractivity contribution in [3.8, 4) is 0 Å². The molecule has 0 unspecified atom stereocenters. The molecule has 1 amide bonds. The highest BCUT2D eigenvalue weighted by Crippen LogP contribution is 2.53. The van der Waals surface area contributed by atoms with E-state index < -0.39 is 5.56 Å². The van der Waals surface area contributed by atoms with Crippen molar-refractivity contribution < 1.29 is 9.53 Å². The normalized spacial score (nSPS) is 36.9. The molecule has 8 heteroatoms. The number of nitrogens with zero attached hydrogens (tertiary/aromatic N) is 2. The quantitative estimate of drug-likeness (QED) is 0.825. The summed E-state index contributed by atoms with van der Waals surface area (Å²) in [5.41, 5.74) is 0.186. The minimum atomic E-state index is -0.404. The van der Waals surface area contributed by atoms with Gasteiger partial charge < -0.3 is 15.0 Å². The summed E-state index contributed by atoms with van der Waals surface area (Å²) < 4.78 is 5.70. The lowest BCUT2D eigenvalue weighted by Crippen LogP contribution is -2.56. The third kappa shape index (κ3) is 3.20. The van der Waals surface area contributed by atoms with Crippen LogP contribution in [0.15, 0.2) is 11.0 Å². The Morgan fingerprint density at radius 2 is 1.93 bits per heavy atom. The van der Waals surface area contributed by atoms with E-state index in [2.05, 4.69) is 15.5 Å². The number of halogens is 1. The lowest BCUT2D eigenvalue weighted by atomic mass is 9.54. The maximum Gasteiger partial charge on any atom is 0.407 e. The second kappa shape index (κ2) is 6.69. The van der Waals surface area contributed by atoms with Crippen molar-refractivity contribution in [2.75, 3.05) is 18.0 Å². The lowest BCUT2D eigenvalue weighted by molar-refractivity contribution is -0.0154. The summed E-state index contributed by atoms with van der Waals surface area (Å²) in [6, 6.07) is 0.286. The monoisotopic (exact) mass is 392 g/mol. The Hall–Kier alpha value is -1.76. The van der Waals surface area contributed by atoms with Crippen LogP contribution in [0.4, 0.5) is 10.5 Å². The van der Waals surface area contributed by atoms with Gasteiger partial charge in [-0.2, -0.15) is 5.10 Å². The zero-order valence-corrected chi connectivity index (χ0v) is 16.0. The molecule has 27 heavy (non-hydrogen) atoms. The molecule has 2 N–H and O–H groups in total. The van der Waals surface area contributed by atoms with E-state index in [-0.39, 0.29) is 23.3 Å². The smallest absolute Gasteiger partial charge is 0.407 e. The minimum Gasteiger partial charge on any atom is -0.444 e. The van der Waals surface area contributed by atoms with Crippen LogP contribution in [0.25, 0.3) is 0 Å². The Kier molecular flexibility index (Phi) is 4.30. The molecule has 4 saturated carbocycles. The third-order valence-electron chi connectivity index (χ3n) is 7.05. The van der Waals surface area contributed by atoms with Gasteiger partial charge in [0.15, 0.2) is 0 Å². The Balaban J connectivity index is 1.18. The number of nitrogens with one attached hydrogen (secondary N) is 2. The van der Waals surface area contributed by atoms with Crippen LogP contribution in [0, 0.1) is 23.7 Å². The van der Waals surface area contributed by atoms with Crippen molar-refractivity contribution in [2.45, 2.75) is 50.7 Å². The molecular formula is C19H25ClN4O3. The highest BCUT2D eigenvalue weighted by Gasteiger charge is 2.48. The van der Waals surface area contributed by atoms with E-state index in [1.807, 2.05) is 4.90 Å². The first-order valence-electron chi connectivity index (χ1n) is 10.0. The number of alkyl carbamates (subject to hydrolysis) is 1. The minimum absolute atomic E-state index is 0.128. The number of aromatic amines is 1. The van der Waals surface area contributed by atoms with Gasteiger partial charge in [0, 0.05) is 19.0 Å². The number of anilines is 1. The molecule has 1 aromatic rings. The van der Waals surface area contributed by atoms with Crippen LogP contribution in [0.5, 0.6) is 0 Å². The van der Waals surface area contributed by atoms with Crippen LogP contribution in [-0.2, 0) is 4.74 Å². The molecule has 7 nitrogen and oxygen atoms in total. The van der Waals surface area contributed by atoms with Crippen molar-refractivity contribution >= 4 is 23.4 Å². The van der Waals surface area contributed by atoms with E-state index in [9.17, 15) is 9.59 Å². The zero-order chi connectivity index (χ0) is 18.5. The Morgan fingerprint density at radius 1 is 1.22 bits per heavy atom. The van der Waals surface area contributed by atoms with Crippen molar-refractivity contribution in [1.29, 1.82) is 0 Å². The van der Waals surface area contributed by atoms with Gasteiger partial charge in [-0.15, -0.1) is 0 Å². The molecule has 6 rings (SSSR count). The van der Waals surface area contributed by atoms with Crippen LogP contribution in [0.2, 0.25) is 5.02 Å². The number of rotatable bonds is 3. The molecule has 1 aromatic heterocycles.